The van der Waals surface area contributed by atoms with Gasteiger partial charge in [0, 0.05) is 33.4 Å². The van der Waals surface area contributed by atoms with E-state index in [-0.39, 0.29) is 0 Å². The number of pyridine rings is 1. The average molecular weight is 276 g/mol. The van der Waals surface area contributed by atoms with E-state index in [1.807, 2.05) is 36.0 Å². The van der Waals surface area contributed by atoms with E-state index in [9.17, 15) is 0 Å². The minimum atomic E-state index is 0.703. The first-order valence-corrected chi connectivity index (χ1v) is 6.74. The van der Waals surface area contributed by atoms with Gasteiger partial charge in [-0.2, -0.15) is 0 Å². The summed E-state index contributed by atoms with van der Waals surface area (Å²) >= 11 is 7.60. The van der Waals surface area contributed by atoms with Crippen LogP contribution in [0.25, 0.3) is 10.9 Å². The van der Waals surface area contributed by atoms with Crippen molar-refractivity contribution in [3.8, 4) is 0 Å². The van der Waals surface area contributed by atoms with E-state index in [2.05, 4.69) is 15.3 Å². The van der Waals surface area contributed by atoms with E-state index >= 15 is 0 Å². The average Bonchev–Trinajstić information content (AvgIpc) is 2.89. The van der Waals surface area contributed by atoms with Crippen molar-refractivity contribution in [1.29, 1.82) is 0 Å². The molecule has 0 aliphatic heterocycles. The lowest BCUT2D eigenvalue weighted by Gasteiger charge is -2.08. The highest BCUT2D eigenvalue weighted by atomic mass is 35.5. The smallest absolute Gasteiger partial charge is 0.0794 e. The number of thiazole rings is 1. The molecule has 2 heterocycles. The van der Waals surface area contributed by atoms with Gasteiger partial charge in [-0.1, -0.05) is 11.6 Å². The van der Waals surface area contributed by atoms with Crippen LogP contribution in [0.5, 0.6) is 0 Å². The molecule has 3 nitrogen and oxygen atoms in total. The number of nitrogens with zero attached hydrogens (tertiary/aromatic N) is 2. The van der Waals surface area contributed by atoms with Crippen molar-refractivity contribution in [2.75, 3.05) is 5.32 Å². The molecule has 1 aromatic carbocycles. The summed E-state index contributed by atoms with van der Waals surface area (Å²) in [5, 5.41) is 5.18. The van der Waals surface area contributed by atoms with E-state index in [1.54, 1.807) is 17.5 Å². The van der Waals surface area contributed by atoms with E-state index in [0.29, 0.717) is 5.02 Å². The summed E-state index contributed by atoms with van der Waals surface area (Å²) in [7, 11) is 0. The molecule has 1 N–H and O–H groups in total. The maximum atomic E-state index is 5.96. The van der Waals surface area contributed by atoms with Gasteiger partial charge < -0.3 is 5.32 Å². The molecule has 90 valence electrons. The number of benzene rings is 1. The number of hydrogen-bond donors (Lipinski definition) is 1. The highest BCUT2D eigenvalue weighted by molar-refractivity contribution is 7.09. The molecule has 0 radical (unpaired) electrons. The van der Waals surface area contributed by atoms with E-state index < -0.39 is 0 Å². The van der Waals surface area contributed by atoms with Gasteiger partial charge in [-0.05, 0) is 24.3 Å². The Hall–Kier alpha value is -1.65. The summed E-state index contributed by atoms with van der Waals surface area (Å²) in [6.07, 6.45) is 3.66. The fourth-order valence-corrected chi connectivity index (χ4v) is 2.49. The first kappa shape index (κ1) is 11.4. The van der Waals surface area contributed by atoms with E-state index in [1.165, 1.54) is 4.88 Å². The first-order chi connectivity index (χ1) is 8.83. The lowest BCUT2D eigenvalue weighted by atomic mass is 10.2. The Morgan fingerprint density at radius 3 is 3.06 bits per heavy atom. The summed E-state index contributed by atoms with van der Waals surface area (Å²) in [6, 6.07) is 7.70. The number of halogens is 1. The molecule has 0 spiro atoms. The van der Waals surface area contributed by atoms with Crippen molar-refractivity contribution >= 4 is 39.5 Å². The van der Waals surface area contributed by atoms with Gasteiger partial charge in [0.1, 0.15) is 0 Å². The zero-order chi connectivity index (χ0) is 12.4. The van der Waals surface area contributed by atoms with Crippen molar-refractivity contribution in [3.63, 3.8) is 0 Å². The Bertz CT molecular complexity index is 667. The van der Waals surface area contributed by atoms with Crippen LogP contribution >= 0.6 is 22.9 Å². The topological polar surface area (TPSA) is 37.8 Å². The molecule has 0 atom stereocenters. The largest absolute Gasteiger partial charge is 0.379 e. The molecule has 0 saturated carbocycles. The number of anilines is 1. The zero-order valence-electron chi connectivity index (χ0n) is 9.43. The van der Waals surface area contributed by atoms with Gasteiger partial charge in [-0.3, -0.25) is 9.97 Å². The van der Waals surface area contributed by atoms with Crippen LogP contribution in [0.3, 0.4) is 0 Å². The van der Waals surface area contributed by atoms with E-state index in [4.69, 9.17) is 11.6 Å². The molecule has 3 rings (SSSR count). The van der Waals surface area contributed by atoms with Gasteiger partial charge in [0.05, 0.1) is 17.6 Å². The second-order valence-electron chi connectivity index (χ2n) is 3.84. The number of nitrogens with one attached hydrogen (secondary N) is 1. The molecule has 0 saturated heterocycles. The molecular formula is C13H10ClN3S. The van der Waals surface area contributed by atoms with Crippen LogP contribution in [-0.2, 0) is 6.54 Å². The zero-order valence-corrected chi connectivity index (χ0v) is 11.0. The van der Waals surface area contributed by atoms with Crippen LogP contribution in [0.15, 0.2) is 42.2 Å². The number of rotatable bonds is 3. The second kappa shape index (κ2) is 4.92. The predicted molar refractivity (Wildman–Crippen MR) is 76.2 cm³/mol. The van der Waals surface area contributed by atoms with Crippen LogP contribution in [-0.4, -0.2) is 9.97 Å². The summed E-state index contributed by atoms with van der Waals surface area (Å²) in [5.74, 6) is 0. The summed E-state index contributed by atoms with van der Waals surface area (Å²) < 4.78 is 0. The van der Waals surface area contributed by atoms with Crippen LogP contribution < -0.4 is 5.32 Å². The Balaban J connectivity index is 1.92. The number of fused-ring (bicyclic) bond motifs is 1. The van der Waals surface area contributed by atoms with Crippen LogP contribution in [0.1, 0.15) is 4.88 Å². The highest BCUT2D eigenvalue weighted by Crippen LogP contribution is 2.24. The minimum absolute atomic E-state index is 0.703. The van der Waals surface area contributed by atoms with Gasteiger partial charge in [0.25, 0.3) is 0 Å². The molecule has 5 heteroatoms. The summed E-state index contributed by atoms with van der Waals surface area (Å²) in [4.78, 5) is 9.57. The molecule has 3 aromatic rings. The Morgan fingerprint density at radius 1 is 1.28 bits per heavy atom. The minimum Gasteiger partial charge on any atom is -0.379 e. The third-order valence-corrected chi connectivity index (χ3v) is 3.66. The van der Waals surface area contributed by atoms with Gasteiger partial charge in [-0.15, -0.1) is 11.3 Å². The highest BCUT2D eigenvalue weighted by Gasteiger charge is 2.03. The van der Waals surface area contributed by atoms with Gasteiger partial charge in [0.15, 0.2) is 0 Å². The fraction of sp³-hybridized carbons (Fsp3) is 0.0769. The molecule has 0 bridgehead atoms. The predicted octanol–water partition coefficient (Wildman–Crippen LogP) is 3.96. The molecule has 0 aliphatic carbocycles. The Morgan fingerprint density at radius 2 is 2.22 bits per heavy atom. The normalized spacial score (nSPS) is 10.7. The van der Waals surface area contributed by atoms with Crippen molar-refractivity contribution in [3.05, 3.63) is 52.1 Å². The molecule has 0 aliphatic rings. The first-order valence-electron chi connectivity index (χ1n) is 5.48. The summed E-state index contributed by atoms with van der Waals surface area (Å²) in [6.45, 7) is 0.770. The summed E-state index contributed by atoms with van der Waals surface area (Å²) in [5.41, 5.74) is 3.79. The third-order valence-electron chi connectivity index (χ3n) is 2.64. The molecule has 2 aromatic heterocycles. The van der Waals surface area contributed by atoms with Crippen molar-refractivity contribution in [2.45, 2.75) is 6.54 Å². The van der Waals surface area contributed by atoms with Crippen molar-refractivity contribution in [1.82, 2.24) is 9.97 Å². The maximum Gasteiger partial charge on any atom is 0.0794 e. The quantitative estimate of drug-likeness (QED) is 0.786. The molecular weight excluding hydrogens is 266 g/mol. The van der Waals surface area contributed by atoms with Crippen molar-refractivity contribution in [2.24, 2.45) is 0 Å². The van der Waals surface area contributed by atoms with E-state index in [0.717, 1.165) is 23.1 Å². The maximum absolute atomic E-state index is 5.96. The molecule has 0 unspecified atom stereocenters. The Labute approximate surface area is 113 Å². The molecule has 0 fully saturated rings. The standard InChI is InChI=1S/C13H10ClN3S/c14-9-1-2-11-12(3-4-16-13(11)5-9)17-7-10-6-15-8-18-10/h1-6,8H,7H2,(H,16,17). The lowest BCUT2D eigenvalue weighted by Crippen LogP contribution is -1.98. The monoisotopic (exact) mass is 275 g/mol. The van der Waals surface area contributed by atoms with Crippen molar-refractivity contribution < 1.29 is 0 Å². The van der Waals surface area contributed by atoms with Gasteiger partial charge in [0.2, 0.25) is 0 Å². The second-order valence-corrected chi connectivity index (χ2v) is 5.25. The molecule has 0 amide bonds. The van der Waals surface area contributed by atoms with Crippen LogP contribution in [0.2, 0.25) is 5.02 Å². The number of aromatic nitrogens is 2. The third kappa shape index (κ3) is 2.30. The number of hydrogen-bond acceptors (Lipinski definition) is 4. The lowest BCUT2D eigenvalue weighted by molar-refractivity contribution is 1.18. The Kier molecular flexibility index (Phi) is 3.13. The van der Waals surface area contributed by atoms with Crippen LogP contribution in [0.4, 0.5) is 5.69 Å². The van der Waals surface area contributed by atoms with Crippen LogP contribution in [0, 0.1) is 0 Å². The molecule has 18 heavy (non-hydrogen) atoms. The fourth-order valence-electron chi connectivity index (χ4n) is 1.79. The SMILES string of the molecule is Clc1ccc2c(NCc3cncs3)ccnc2c1. The van der Waals surface area contributed by atoms with Gasteiger partial charge >= 0.3 is 0 Å². The van der Waals surface area contributed by atoms with Gasteiger partial charge in [-0.25, -0.2) is 0 Å².